The second kappa shape index (κ2) is 12.9. The lowest BCUT2D eigenvalue weighted by Gasteiger charge is -2.30. The highest BCUT2D eigenvalue weighted by Crippen LogP contribution is 2.22. The van der Waals surface area contributed by atoms with Crippen LogP contribution in [0.5, 0.6) is 0 Å². The van der Waals surface area contributed by atoms with Crippen LogP contribution in [0.2, 0.25) is 0 Å². The maximum atomic E-state index is 13.3. The molecule has 1 aliphatic rings. The maximum absolute atomic E-state index is 13.3. The molecule has 10 heteroatoms. The van der Waals surface area contributed by atoms with Gasteiger partial charge in [-0.2, -0.15) is 0 Å². The number of nitrogens with two attached hydrogens (primary N) is 1. The smallest absolute Gasteiger partial charge is 0.326 e. The summed E-state index contributed by atoms with van der Waals surface area (Å²) < 4.78 is 0. The van der Waals surface area contributed by atoms with Crippen LogP contribution in [0.15, 0.2) is 30.5 Å². The Hall–Kier alpha value is -3.40. The van der Waals surface area contributed by atoms with Gasteiger partial charge in [-0.3, -0.25) is 14.4 Å². The number of nitrogens with zero attached hydrogens (tertiary/aromatic N) is 1. The van der Waals surface area contributed by atoms with Gasteiger partial charge in [0.15, 0.2) is 0 Å². The second-order valence-electron chi connectivity index (χ2n) is 10.8. The van der Waals surface area contributed by atoms with Crippen LogP contribution in [-0.4, -0.2) is 69.4 Å². The molecule has 6 N–H and O–H groups in total. The van der Waals surface area contributed by atoms with Gasteiger partial charge < -0.3 is 31.4 Å². The number of hydrogen-bond acceptors (Lipinski definition) is 5. The minimum absolute atomic E-state index is 0.0172. The Morgan fingerprint density at radius 1 is 1.13 bits per heavy atom. The fourth-order valence-corrected chi connectivity index (χ4v) is 4.96. The van der Waals surface area contributed by atoms with Gasteiger partial charge in [-0.1, -0.05) is 52.3 Å². The van der Waals surface area contributed by atoms with E-state index in [0.717, 1.165) is 22.9 Å². The molecule has 1 aromatic carbocycles. The fraction of sp³-hybridized carbons (Fsp3) is 0.571. The zero-order chi connectivity index (χ0) is 28.0. The second-order valence-corrected chi connectivity index (χ2v) is 10.8. The maximum Gasteiger partial charge on any atom is 0.326 e. The Bertz CT molecular complexity index is 1150. The quantitative estimate of drug-likeness (QED) is 0.285. The van der Waals surface area contributed by atoms with Crippen molar-refractivity contribution in [1.29, 1.82) is 0 Å². The average molecular weight is 528 g/mol. The van der Waals surface area contributed by atoms with Crippen molar-refractivity contribution >= 4 is 34.6 Å². The number of rotatable bonds is 12. The highest BCUT2D eigenvalue weighted by molar-refractivity contribution is 5.94. The first-order chi connectivity index (χ1) is 18.0. The molecule has 3 amide bonds. The normalized spacial score (nSPS) is 18.7. The van der Waals surface area contributed by atoms with Gasteiger partial charge in [0.2, 0.25) is 17.7 Å². The van der Waals surface area contributed by atoms with Gasteiger partial charge in [0.25, 0.3) is 0 Å². The van der Waals surface area contributed by atoms with Gasteiger partial charge in [0.05, 0.1) is 6.04 Å². The molecule has 0 bridgehead atoms. The molecule has 1 aromatic heterocycles. The van der Waals surface area contributed by atoms with Crippen molar-refractivity contribution in [2.75, 3.05) is 6.54 Å². The van der Waals surface area contributed by atoms with Gasteiger partial charge in [-0.25, -0.2) is 4.79 Å². The van der Waals surface area contributed by atoms with Gasteiger partial charge in [0, 0.05) is 30.1 Å². The molecule has 2 aromatic rings. The van der Waals surface area contributed by atoms with Crippen molar-refractivity contribution in [3.05, 3.63) is 36.0 Å². The van der Waals surface area contributed by atoms with E-state index < -0.39 is 42.0 Å². The largest absolute Gasteiger partial charge is 0.480 e. The molecular formula is C28H41N5O5. The topological polar surface area (TPSA) is 158 Å². The number of aromatic nitrogens is 1. The number of likely N-dealkylation sites (tertiary alicyclic amines) is 1. The van der Waals surface area contributed by atoms with Crippen LogP contribution in [0.3, 0.4) is 0 Å². The Kier molecular flexibility index (Phi) is 9.90. The van der Waals surface area contributed by atoms with E-state index in [-0.39, 0.29) is 24.2 Å². The third-order valence-corrected chi connectivity index (χ3v) is 7.43. The van der Waals surface area contributed by atoms with E-state index in [0.29, 0.717) is 25.8 Å². The summed E-state index contributed by atoms with van der Waals surface area (Å²) in [6.07, 6.45) is 4.06. The number of amides is 3. The van der Waals surface area contributed by atoms with Crippen LogP contribution in [0.1, 0.15) is 58.9 Å². The van der Waals surface area contributed by atoms with E-state index in [1.807, 2.05) is 52.0 Å². The van der Waals surface area contributed by atoms with Gasteiger partial charge in [0.1, 0.15) is 18.1 Å². The number of benzene rings is 1. The van der Waals surface area contributed by atoms with Crippen molar-refractivity contribution < 1.29 is 24.3 Å². The Labute approximate surface area is 223 Å². The monoisotopic (exact) mass is 527 g/mol. The number of H-pyrrole nitrogens is 1. The molecule has 1 fully saturated rings. The van der Waals surface area contributed by atoms with Gasteiger partial charge in [-0.15, -0.1) is 0 Å². The van der Waals surface area contributed by atoms with Crippen molar-refractivity contribution in [3.63, 3.8) is 0 Å². The van der Waals surface area contributed by atoms with Crippen LogP contribution in [-0.2, 0) is 25.6 Å². The first-order valence-electron chi connectivity index (χ1n) is 13.5. The number of carboxylic acid groups (broad SMARTS) is 1. The molecule has 10 nitrogen and oxygen atoms in total. The summed E-state index contributed by atoms with van der Waals surface area (Å²) in [5, 5.41) is 16.2. The summed E-state index contributed by atoms with van der Waals surface area (Å²) in [5.74, 6) is -2.36. The van der Waals surface area contributed by atoms with E-state index in [2.05, 4.69) is 15.6 Å². The van der Waals surface area contributed by atoms with Gasteiger partial charge >= 0.3 is 5.97 Å². The van der Waals surface area contributed by atoms with E-state index in [1.54, 1.807) is 6.20 Å². The third-order valence-electron chi connectivity index (χ3n) is 7.43. The number of para-hydroxylation sites is 1. The number of hydrogen-bond donors (Lipinski definition) is 5. The van der Waals surface area contributed by atoms with Crippen LogP contribution in [0.25, 0.3) is 10.9 Å². The number of carbonyl (C=O) groups excluding carboxylic acids is 3. The minimum atomic E-state index is -1.17. The van der Waals surface area contributed by atoms with E-state index in [4.69, 9.17) is 5.73 Å². The molecule has 5 atom stereocenters. The molecule has 0 radical (unpaired) electrons. The number of fused-ring (bicyclic) bond motifs is 1. The highest BCUT2D eigenvalue weighted by atomic mass is 16.4. The fourth-order valence-electron chi connectivity index (χ4n) is 4.96. The van der Waals surface area contributed by atoms with Crippen LogP contribution < -0.4 is 16.4 Å². The van der Waals surface area contributed by atoms with Crippen molar-refractivity contribution in [1.82, 2.24) is 20.5 Å². The number of aliphatic carboxylic acids is 1. The number of aromatic amines is 1. The van der Waals surface area contributed by atoms with Crippen molar-refractivity contribution in [2.45, 2.75) is 84.0 Å². The van der Waals surface area contributed by atoms with Crippen molar-refractivity contribution in [2.24, 2.45) is 17.6 Å². The predicted molar refractivity (Wildman–Crippen MR) is 145 cm³/mol. The minimum Gasteiger partial charge on any atom is -0.480 e. The molecule has 0 saturated carbocycles. The molecule has 38 heavy (non-hydrogen) atoms. The lowest BCUT2D eigenvalue weighted by molar-refractivity contribution is -0.143. The average Bonchev–Trinajstić information content (AvgIpc) is 3.54. The lowest BCUT2D eigenvalue weighted by Crippen LogP contribution is -2.57. The van der Waals surface area contributed by atoms with E-state index in [9.17, 15) is 24.3 Å². The van der Waals surface area contributed by atoms with Gasteiger partial charge in [-0.05, 0) is 42.7 Å². The molecule has 208 valence electrons. The summed E-state index contributed by atoms with van der Waals surface area (Å²) in [7, 11) is 0. The van der Waals surface area contributed by atoms with E-state index in [1.165, 1.54) is 4.90 Å². The standard InChI is InChI=1S/C28H41N5O5/c1-5-17(4)24(29)27(36)33-12-8-11-23(33)26(35)31-21(13-16(2)3)25(34)32-22(28(37)38)14-18-15-30-20-10-7-6-9-19(18)20/h6-7,9-10,15-17,21-24,30H,5,8,11-14,29H2,1-4H3,(H,31,35)(H,32,34)(H,37,38). The van der Waals surface area contributed by atoms with Crippen LogP contribution in [0, 0.1) is 11.8 Å². The summed E-state index contributed by atoms with van der Waals surface area (Å²) in [4.78, 5) is 56.3. The third kappa shape index (κ3) is 6.92. The van der Waals surface area contributed by atoms with Crippen LogP contribution >= 0.6 is 0 Å². The number of carboxylic acids is 1. The SMILES string of the molecule is CCC(C)C(N)C(=O)N1CCCC1C(=O)NC(CC(C)C)C(=O)NC(Cc1c[nH]c2ccccc12)C(=O)O. The highest BCUT2D eigenvalue weighted by Gasteiger charge is 2.39. The molecule has 5 unspecified atom stereocenters. The zero-order valence-corrected chi connectivity index (χ0v) is 22.7. The van der Waals surface area contributed by atoms with Crippen LogP contribution in [0.4, 0.5) is 0 Å². The van der Waals surface area contributed by atoms with E-state index >= 15 is 0 Å². The summed E-state index contributed by atoms with van der Waals surface area (Å²) >= 11 is 0. The zero-order valence-electron chi connectivity index (χ0n) is 22.7. The molecule has 0 aliphatic carbocycles. The molecule has 1 saturated heterocycles. The summed E-state index contributed by atoms with van der Waals surface area (Å²) in [6.45, 7) is 8.15. The molecular weight excluding hydrogens is 486 g/mol. The number of nitrogens with one attached hydrogen (secondary N) is 3. The molecule has 1 aliphatic heterocycles. The Morgan fingerprint density at radius 3 is 2.50 bits per heavy atom. The molecule has 3 rings (SSSR count). The molecule has 2 heterocycles. The summed E-state index contributed by atoms with van der Waals surface area (Å²) in [6, 6.07) is 4.04. The Balaban J connectivity index is 1.72. The predicted octanol–water partition coefficient (Wildman–Crippen LogP) is 2.18. The van der Waals surface area contributed by atoms with Crippen molar-refractivity contribution in [3.8, 4) is 0 Å². The number of carbonyl (C=O) groups is 4. The lowest BCUT2D eigenvalue weighted by atomic mass is 9.98. The first-order valence-corrected chi connectivity index (χ1v) is 13.5. The molecule has 0 spiro atoms. The first kappa shape index (κ1) is 29.2. The Morgan fingerprint density at radius 2 is 1.84 bits per heavy atom. The summed E-state index contributed by atoms with van der Waals surface area (Å²) in [5.41, 5.74) is 7.81.